The zero-order valence-corrected chi connectivity index (χ0v) is 12.9. The van der Waals surface area contributed by atoms with E-state index in [2.05, 4.69) is 9.88 Å². The second kappa shape index (κ2) is 4.78. The highest BCUT2D eigenvalue weighted by atomic mass is 35.5. The van der Waals surface area contributed by atoms with Crippen molar-refractivity contribution in [2.45, 2.75) is 17.7 Å². The van der Waals surface area contributed by atoms with Crippen molar-refractivity contribution in [3.05, 3.63) is 24.5 Å². The number of anilines is 1. The van der Waals surface area contributed by atoms with Crippen LogP contribution in [0, 0.1) is 5.41 Å². The first kappa shape index (κ1) is 14.0. The minimum absolute atomic E-state index is 0.0804. The minimum Gasteiger partial charge on any atom is -0.368 e. The van der Waals surface area contributed by atoms with Gasteiger partial charge >= 0.3 is 0 Å². The molecule has 1 amide bonds. The Labute approximate surface area is 128 Å². The van der Waals surface area contributed by atoms with Gasteiger partial charge in [0, 0.05) is 44.3 Å². The Balaban J connectivity index is 1.61. The molecule has 1 aromatic heterocycles. The molecule has 0 N–H and O–H groups in total. The Kier molecular flexibility index (Phi) is 3.33. The van der Waals surface area contributed by atoms with Crippen LogP contribution in [0.25, 0.3) is 0 Å². The zero-order valence-electron chi connectivity index (χ0n) is 11.4. The Morgan fingerprint density at radius 2 is 1.75 bits per heavy atom. The second-order valence-electron chi connectivity index (χ2n) is 5.70. The molecule has 1 atom stereocenters. The molecular formula is C14H17Cl2N3O. The summed E-state index contributed by atoms with van der Waals surface area (Å²) in [5, 5.41) is 0. The first-order chi connectivity index (χ1) is 9.44. The third kappa shape index (κ3) is 2.25. The summed E-state index contributed by atoms with van der Waals surface area (Å²) in [7, 11) is 0. The molecular weight excluding hydrogens is 297 g/mol. The SMILES string of the molecule is CC1(C(=O)N2CCN(c3ccncc3)CC2)CC1(Cl)Cl. The fourth-order valence-electron chi connectivity index (χ4n) is 2.70. The quantitative estimate of drug-likeness (QED) is 0.786. The van der Waals surface area contributed by atoms with Gasteiger partial charge in [0.05, 0.1) is 5.41 Å². The molecule has 3 rings (SSSR count). The highest BCUT2D eigenvalue weighted by Crippen LogP contribution is 2.64. The molecule has 4 nitrogen and oxygen atoms in total. The summed E-state index contributed by atoms with van der Waals surface area (Å²) in [4.78, 5) is 20.6. The predicted octanol–water partition coefficient (Wildman–Crippen LogP) is 2.31. The van der Waals surface area contributed by atoms with Gasteiger partial charge in [0.25, 0.3) is 0 Å². The molecule has 108 valence electrons. The topological polar surface area (TPSA) is 36.4 Å². The summed E-state index contributed by atoms with van der Waals surface area (Å²) < 4.78 is -0.883. The van der Waals surface area contributed by atoms with Gasteiger partial charge in [-0.05, 0) is 25.5 Å². The Bertz CT molecular complexity index is 514. The van der Waals surface area contributed by atoms with E-state index in [0.29, 0.717) is 19.5 Å². The third-order valence-corrected chi connectivity index (χ3v) is 5.43. The van der Waals surface area contributed by atoms with E-state index < -0.39 is 9.75 Å². The van der Waals surface area contributed by atoms with Crippen LogP contribution in [0.5, 0.6) is 0 Å². The average Bonchev–Trinajstić information content (AvgIpc) is 2.99. The first-order valence-electron chi connectivity index (χ1n) is 6.76. The number of nitrogens with zero attached hydrogens (tertiary/aromatic N) is 3. The van der Waals surface area contributed by atoms with Gasteiger partial charge in [-0.25, -0.2) is 0 Å². The van der Waals surface area contributed by atoms with E-state index in [4.69, 9.17) is 23.2 Å². The molecule has 0 bridgehead atoms. The lowest BCUT2D eigenvalue weighted by molar-refractivity contribution is -0.136. The summed E-state index contributed by atoms with van der Waals surface area (Å²) in [6.07, 6.45) is 4.12. The minimum atomic E-state index is -0.883. The molecule has 1 unspecified atom stereocenters. The highest BCUT2D eigenvalue weighted by Gasteiger charge is 2.68. The van der Waals surface area contributed by atoms with Crippen LogP contribution in [-0.4, -0.2) is 46.3 Å². The lowest BCUT2D eigenvalue weighted by Crippen LogP contribution is -2.51. The van der Waals surface area contributed by atoms with Crippen LogP contribution in [0.3, 0.4) is 0 Å². The largest absolute Gasteiger partial charge is 0.368 e. The number of rotatable bonds is 2. The number of amides is 1. The van der Waals surface area contributed by atoms with Gasteiger partial charge in [-0.1, -0.05) is 0 Å². The third-order valence-electron chi connectivity index (χ3n) is 4.32. The monoisotopic (exact) mass is 313 g/mol. The number of hydrogen-bond donors (Lipinski definition) is 0. The maximum atomic E-state index is 12.5. The average molecular weight is 314 g/mol. The number of alkyl halides is 2. The van der Waals surface area contributed by atoms with Gasteiger partial charge in [0.15, 0.2) is 0 Å². The van der Waals surface area contributed by atoms with Crippen LogP contribution < -0.4 is 4.90 Å². The van der Waals surface area contributed by atoms with Crippen molar-refractivity contribution in [1.82, 2.24) is 9.88 Å². The molecule has 1 aromatic rings. The van der Waals surface area contributed by atoms with Crippen LogP contribution in [0.2, 0.25) is 0 Å². The number of piperazine rings is 1. The molecule has 0 radical (unpaired) electrons. The van der Waals surface area contributed by atoms with Gasteiger partial charge in [-0.15, -0.1) is 23.2 Å². The smallest absolute Gasteiger partial charge is 0.231 e. The number of aromatic nitrogens is 1. The summed E-state index contributed by atoms with van der Waals surface area (Å²) in [6, 6.07) is 3.98. The molecule has 20 heavy (non-hydrogen) atoms. The van der Waals surface area contributed by atoms with Crippen LogP contribution in [0.1, 0.15) is 13.3 Å². The summed E-state index contributed by atoms with van der Waals surface area (Å²) >= 11 is 12.2. The van der Waals surface area contributed by atoms with Crippen molar-refractivity contribution < 1.29 is 4.79 Å². The van der Waals surface area contributed by atoms with Crippen LogP contribution in [0.15, 0.2) is 24.5 Å². The molecule has 1 saturated carbocycles. The molecule has 2 aliphatic rings. The van der Waals surface area contributed by atoms with Crippen LogP contribution in [0.4, 0.5) is 5.69 Å². The van der Waals surface area contributed by atoms with E-state index in [1.54, 1.807) is 12.4 Å². The molecule has 2 fully saturated rings. The Morgan fingerprint density at radius 3 is 2.25 bits per heavy atom. The van der Waals surface area contributed by atoms with E-state index in [1.807, 2.05) is 24.0 Å². The van der Waals surface area contributed by atoms with Gasteiger partial charge in [0.2, 0.25) is 5.91 Å². The van der Waals surface area contributed by atoms with Crippen LogP contribution in [-0.2, 0) is 4.79 Å². The summed E-state index contributed by atoms with van der Waals surface area (Å²) in [5.74, 6) is 0.0804. The number of hydrogen-bond acceptors (Lipinski definition) is 3. The molecule has 1 saturated heterocycles. The van der Waals surface area contributed by atoms with Gasteiger partial charge < -0.3 is 9.80 Å². The van der Waals surface area contributed by atoms with E-state index >= 15 is 0 Å². The number of carbonyl (C=O) groups excluding carboxylic acids is 1. The summed E-state index contributed by atoms with van der Waals surface area (Å²) in [6.45, 7) is 4.92. The molecule has 2 heterocycles. The lowest BCUT2D eigenvalue weighted by atomic mass is 10.1. The van der Waals surface area contributed by atoms with Gasteiger partial charge in [-0.3, -0.25) is 9.78 Å². The highest BCUT2D eigenvalue weighted by molar-refractivity contribution is 6.53. The van der Waals surface area contributed by atoms with Crippen LogP contribution >= 0.6 is 23.2 Å². The maximum absolute atomic E-state index is 12.5. The van der Waals surface area contributed by atoms with E-state index in [-0.39, 0.29) is 5.91 Å². The molecule has 1 aliphatic heterocycles. The van der Waals surface area contributed by atoms with Crippen molar-refractivity contribution in [2.24, 2.45) is 5.41 Å². The van der Waals surface area contributed by atoms with E-state index in [0.717, 1.165) is 18.8 Å². The van der Waals surface area contributed by atoms with Crippen molar-refractivity contribution >= 4 is 34.8 Å². The van der Waals surface area contributed by atoms with Crippen molar-refractivity contribution in [2.75, 3.05) is 31.1 Å². The van der Waals surface area contributed by atoms with Gasteiger partial charge in [0.1, 0.15) is 4.33 Å². The summed E-state index contributed by atoms with van der Waals surface area (Å²) in [5.41, 5.74) is 0.545. The number of pyridine rings is 1. The van der Waals surface area contributed by atoms with E-state index in [9.17, 15) is 4.79 Å². The number of carbonyl (C=O) groups is 1. The normalized spacial score (nSPS) is 28.4. The predicted molar refractivity (Wildman–Crippen MR) is 80.2 cm³/mol. The molecule has 1 aliphatic carbocycles. The standard InChI is InChI=1S/C14H17Cl2N3O/c1-13(10-14(13,15)16)12(20)19-8-6-18(7-9-19)11-2-4-17-5-3-11/h2-5H,6-10H2,1H3. The fraction of sp³-hybridized carbons (Fsp3) is 0.571. The molecule has 0 spiro atoms. The second-order valence-corrected chi connectivity index (χ2v) is 7.18. The zero-order chi connectivity index (χ0) is 14.4. The van der Waals surface area contributed by atoms with Crippen molar-refractivity contribution in [3.63, 3.8) is 0 Å². The van der Waals surface area contributed by atoms with Crippen molar-refractivity contribution in [1.29, 1.82) is 0 Å². The molecule has 6 heteroatoms. The maximum Gasteiger partial charge on any atom is 0.231 e. The lowest BCUT2D eigenvalue weighted by Gasteiger charge is -2.37. The molecule has 0 aromatic carbocycles. The fourth-order valence-corrected chi connectivity index (χ4v) is 3.40. The number of halogens is 2. The van der Waals surface area contributed by atoms with Crippen molar-refractivity contribution in [3.8, 4) is 0 Å². The Hall–Kier alpha value is -1.00. The Morgan fingerprint density at radius 1 is 1.20 bits per heavy atom. The van der Waals surface area contributed by atoms with Gasteiger partial charge in [-0.2, -0.15) is 0 Å². The first-order valence-corrected chi connectivity index (χ1v) is 7.52. The van der Waals surface area contributed by atoms with E-state index in [1.165, 1.54) is 0 Å².